The van der Waals surface area contributed by atoms with Gasteiger partial charge >= 0.3 is 6.18 Å². The van der Waals surface area contributed by atoms with Gasteiger partial charge in [0.15, 0.2) is 0 Å². The minimum Gasteiger partial charge on any atom is -0.369 e. The number of anilines is 1. The normalized spacial score (nSPS) is 12.2. The molecule has 1 aromatic carbocycles. The molecule has 0 aliphatic rings. The minimum absolute atomic E-state index is 0.0684. The molecule has 0 fully saturated rings. The maximum absolute atomic E-state index is 12.4. The number of hydrogen-bond donors (Lipinski definition) is 2. The van der Waals surface area contributed by atoms with Crippen LogP contribution in [-0.2, 0) is 16.2 Å². The van der Waals surface area contributed by atoms with E-state index in [1.165, 1.54) is 18.2 Å². The monoisotopic (exact) mass is 359 g/mol. The molecule has 1 aromatic heterocycles. The lowest BCUT2D eigenvalue weighted by molar-refractivity contribution is -0.137. The third kappa shape index (κ3) is 4.93. The molecule has 0 spiro atoms. The number of benzene rings is 1. The number of rotatable bonds is 6. The van der Waals surface area contributed by atoms with Gasteiger partial charge in [0, 0.05) is 19.3 Å². The van der Waals surface area contributed by atoms with E-state index in [9.17, 15) is 21.6 Å². The summed E-state index contributed by atoms with van der Waals surface area (Å²) >= 11 is 0. The summed E-state index contributed by atoms with van der Waals surface area (Å²) < 4.78 is 63.7. The second-order valence-corrected chi connectivity index (χ2v) is 6.83. The van der Waals surface area contributed by atoms with Gasteiger partial charge in [-0.25, -0.2) is 18.1 Å². The molecular weight excluding hydrogens is 343 g/mol. The molecule has 24 heavy (non-hydrogen) atoms. The molecule has 2 N–H and O–H groups in total. The lowest BCUT2D eigenvalue weighted by atomic mass is 10.2. The van der Waals surface area contributed by atoms with Crippen LogP contribution in [0, 0.1) is 6.92 Å². The maximum atomic E-state index is 12.4. The predicted molar refractivity (Wildman–Crippen MR) is 84.1 cm³/mol. The second-order valence-electron chi connectivity index (χ2n) is 5.07. The van der Waals surface area contributed by atoms with E-state index >= 15 is 0 Å². The Labute approximate surface area is 138 Å². The van der Waals surface area contributed by atoms with E-state index in [0.29, 0.717) is 0 Å². The van der Waals surface area contributed by atoms with Crippen molar-refractivity contribution in [1.82, 2.24) is 9.71 Å². The molecule has 9 heteroatoms. The lowest BCUT2D eigenvalue weighted by Gasteiger charge is -2.10. The maximum Gasteiger partial charge on any atom is 0.417 e. The molecule has 0 aliphatic carbocycles. The molecule has 0 saturated heterocycles. The van der Waals surface area contributed by atoms with Crippen molar-refractivity contribution in [2.75, 3.05) is 18.4 Å². The Hall–Kier alpha value is -2.13. The smallest absolute Gasteiger partial charge is 0.369 e. The number of nitrogens with one attached hydrogen (secondary N) is 2. The number of aromatic nitrogens is 1. The van der Waals surface area contributed by atoms with Gasteiger partial charge in [-0.05, 0) is 31.2 Å². The van der Waals surface area contributed by atoms with Crippen LogP contribution in [-0.4, -0.2) is 26.5 Å². The van der Waals surface area contributed by atoms with Crippen molar-refractivity contribution < 1.29 is 21.6 Å². The predicted octanol–water partition coefficient (Wildman–Crippen LogP) is 2.80. The van der Waals surface area contributed by atoms with Crippen LogP contribution < -0.4 is 10.0 Å². The summed E-state index contributed by atoms with van der Waals surface area (Å²) in [4.78, 5) is 3.79. The van der Waals surface area contributed by atoms with Crippen LogP contribution in [0.2, 0.25) is 0 Å². The Kier molecular flexibility index (Phi) is 5.45. The largest absolute Gasteiger partial charge is 0.417 e. The van der Waals surface area contributed by atoms with Gasteiger partial charge in [-0.15, -0.1) is 0 Å². The van der Waals surface area contributed by atoms with Gasteiger partial charge in [-0.1, -0.05) is 17.7 Å². The Morgan fingerprint density at radius 2 is 1.71 bits per heavy atom. The molecule has 0 radical (unpaired) electrons. The molecule has 0 atom stereocenters. The first-order chi connectivity index (χ1) is 11.2. The van der Waals surface area contributed by atoms with E-state index in [1.54, 1.807) is 12.1 Å². The number of pyridine rings is 1. The highest BCUT2D eigenvalue weighted by molar-refractivity contribution is 7.89. The number of aryl methyl sites for hydroxylation is 1. The summed E-state index contributed by atoms with van der Waals surface area (Å²) in [6.45, 7) is 2.10. The quantitative estimate of drug-likeness (QED) is 0.778. The average molecular weight is 359 g/mol. The number of sulfonamides is 1. The second kappa shape index (κ2) is 7.18. The standard InChI is InChI=1S/C15H16F3N3O2S/c1-11-2-5-13(6-3-11)24(22,23)21-9-8-19-14-7-4-12(10-20-14)15(16,17)18/h2-7,10,21H,8-9H2,1H3,(H,19,20). The molecule has 2 aromatic rings. The lowest BCUT2D eigenvalue weighted by Crippen LogP contribution is -2.29. The molecule has 5 nitrogen and oxygen atoms in total. The molecule has 0 aliphatic heterocycles. The molecule has 2 rings (SSSR count). The van der Waals surface area contributed by atoms with Crippen LogP contribution in [0.4, 0.5) is 19.0 Å². The van der Waals surface area contributed by atoms with Crippen molar-refractivity contribution in [3.8, 4) is 0 Å². The highest BCUT2D eigenvalue weighted by Gasteiger charge is 2.30. The highest BCUT2D eigenvalue weighted by atomic mass is 32.2. The van der Waals surface area contributed by atoms with Gasteiger partial charge in [0.1, 0.15) is 5.82 Å². The van der Waals surface area contributed by atoms with Crippen LogP contribution in [0.25, 0.3) is 0 Å². The summed E-state index contributed by atoms with van der Waals surface area (Å²) in [5, 5.41) is 2.75. The van der Waals surface area contributed by atoms with E-state index in [1.807, 2.05) is 6.92 Å². The number of halogens is 3. The summed E-state index contributed by atoms with van der Waals surface area (Å²) in [6, 6.07) is 8.49. The van der Waals surface area contributed by atoms with Gasteiger partial charge < -0.3 is 5.32 Å². The molecule has 0 saturated carbocycles. The van der Waals surface area contributed by atoms with E-state index in [4.69, 9.17) is 0 Å². The van der Waals surface area contributed by atoms with E-state index in [0.717, 1.165) is 17.8 Å². The number of hydrogen-bond acceptors (Lipinski definition) is 4. The van der Waals surface area contributed by atoms with Gasteiger partial charge in [-0.2, -0.15) is 13.2 Å². The van der Waals surface area contributed by atoms with Crippen LogP contribution >= 0.6 is 0 Å². The molecular formula is C15H16F3N3O2S. The topological polar surface area (TPSA) is 71.1 Å². The third-order valence-electron chi connectivity index (χ3n) is 3.15. The SMILES string of the molecule is Cc1ccc(S(=O)(=O)NCCNc2ccc(C(F)(F)F)cn2)cc1. The fourth-order valence-corrected chi connectivity index (χ4v) is 2.87. The van der Waals surface area contributed by atoms with E-state index < -0.39 is 21.8 Å². The Bertz CT molecular complexity index is 773. The first-order valence-corrected chi connectivity index (χ1v) is 8.50. The van der Waals surface area contributed by atoms with Gasteiger partial charge in [0.2, 0.25) is 10.0 Å². The zero-order valence-electron chi connectivity index (χ0n) is 12.8. The Morgan fingerprint density at radius 3 is 2.25 bits per heavy atom. The third-order valence-corrected chi connectivity index (χ3v) is 4.62. The van der Waals surface area contributed by atoms with Crippen LogP contribution in [0.1, 0.15) is 11.1 Å². The molecule has 1 heterocycles. The Morgan fingerprint density at radius 1 is 1.04 bits per heavy atom. The zero-order valence-corrected chi connectivity index (χ0v) is 13.6. The van der Waals surface area contributed by atoms with Crippen molar-refractivity contribution in [2.45, 2.75) is 18.0 Å². The number of nitrogens with zero attached hydrogens (tertiary/aromatic N) is 1. The van der Waals surface area contributed by atoms with Gasteiger partial charge in [-0.3, -0.25) is 0 Å². The van der Waals surface area contributed by atoms with E-state index in [2.05, 4.69) is 15.0 Å². The first kappa shape index (κ1) is 18.2. The van der Waals surface area contributed by atoms with Crippen LogP contribution in [0.3, 0.4) is 0 Å². The fourth-order valence-electron chi connectivity index (χ4n) is 1.84. The van der Waals surface area contributed by atoms with Crippen molar-refractivity contribution in [3.63, 3.8) is 0 Å². The van der Waals surface area contributed by atoms with Gasteiger partial charge in [0.05, 0.1) is 10.5 Å². The number of alkyl halides is 3. The van der Waals surface area contributed by atoms with Crippen molar-refractivity contribution in [3.05, 3.63) is 53.7 Å². The molecule has 130 valence electrons. The summed E-state index contributed by atoms with van der Waals surface area (Å²) in [5.41, 5.74) is 0.108. The highest BCUT2D eigenvalue weighted by Crippen LogP contribution is 2.28. The summed E-state index contributed by atoms with van der Waals surface area (Å²) in [6.07, 6.45) is -3.71. The van der Waals surface area contributed by atoms with Crippen molar-refractivity contribution >= 4 is 15.8 Å². The average Bonchev–Trinajstić information content (AvgIpc) is 2.52. The van der Waals surface area contributed by atoms with Crippen LogP contribution in [0.15, 0.2) is 47.5 Å². The van der Waals surface area contributed by atoms with Gasteiger partial charge in [0.25, 0.3) is 0 Å². The Balaban J connectivity index is 1.85. The molecule has 0 unspecified atom stereocenters. The summed E-state index contributed by atoms with van der Waals surface area (Å²) in [5.74, 6) is 0.234. The first-order valence-electron chi connectivity index (χ1n) is 7.02. The van der Waals surface area contributed by atoms with Crippen molar-refractivity contribution in [2.24, 2.45) is 0 Å². The minimum atomic E-state index is -4.44. The van der Waals surface area contributed by atoms with Crippen molar-refractivity contribution in [1.29, 1.82) is 0 Å². The van der Waals surface area contributed by atoms with Crippen LogP contribution in [0.5, 0.6) is 0 Å². The molecule has 0 bridgehead atoms. The zero-order chi connectivity index (χ0) is 17.8. The van der Waals surface area contributed by atoms with E-state index in [-0.39, 0.29) is 23.8 Å². The molecule has 0 amide bonds. The summed E-state index contributed by atoms with van der Waals surface area (Å²) in [7, 11) is -3.62. The fraction of sp³-hybridized carbons (Fsp3) is 0.267.